The molecule has 0 radical (unpaired) electrons. The molecule has 0 aliphatic rings. The van der Waals surface area contributed by atoms with E-state index in [2.05, 4.69) is 35.0 Å². The lowest BCUT2D eigenvalue weighted by molar-refractivity contribution is -0.118. The lowest BCUT2D eigenvalue weighted by atomic mass is 10.0. The average molecular weight is 300 g/mol. The van der Waals surface area contributed by atoms with Crippen LogP contribution in [0.2, 0.25) is 0 Å². The van der Waals surface area contributed by atoms with E-state index in [1.807, 2.05) is 12.1 Å². The number of ketones is 1. The lowest BCUT2D eigenvalue weighted by Crippen LogP contribution is -2.02. The molecule has 102 valence electrons. The van der Waals surface area contributed by atoms with Gasteiger partial charge in [-0.3, -0.25) is 4.79 Å². The van der Waals surface area contributed by atoms with Crippen LogP contribution in [0.1, 0.15) is 23.3 Å². The molecule has 0 bridgehead atoms. The minimum absolute atomic E-state index is 0.352. The highest BCUT2D eigenvalue weighted by Crippen LogP contribution is 2.26. The summed E-state index contributed by atoms with van der Waals surface area (Å²) >= 11 is 3.50. The standard InChI is InChI=1S/C17H16OS2/c18-14(5-3-6-15-7-4-10-19-15)11-13-12-20-17-9-2-1-8-16(13)17/h1-2,4,7-10,12H,3,5-6,11H2. The van der Waals surface area contributed by atoms with Gasteiger partial charge in [0, 0.05) is 22.4 Å². The molecule has 2 aromatic heterocycles. The monoisotopic (exact) mass is 300 g/mol. The molecule has 3 heteroatoms. The van der Waals surface area contributed by atoms with Crippen molar-refractivity contribution in [3.05, 3.63) is 57.6 Å². The second-order valence-electron chi connectivity index (χ2n) is 4.91. The van der Waals surface area contributed by atoms with Crippen molar-refractivity contribution < 1.29 is 4.79 Å². The zero-order valence-electron chi connectivity index (χ0n) is 11.2. The summed E-state index contributed by atoms with van der Waals surface area (Å²) in [5.41, 5.74) is 1.19. The maximum Gasteiger partial charge on any atom is 0.137 e. The highest BCUT2D eigenvalue weighted by atomic mass is 32.1. The molecule has 1 nitrogen and oxygen atoms in total. The molecule has 0 saturated heterocycles. The van der Waals surface area contributed by atoms with E-state index >= 15 is 0 Å². The fourth-order valence-corrected chi connectivity index (χ4v) is 4.10. The van der Waals surface area contributed by atoms with E-state index < -0.39 is 0 Å². The Kier molecular flexibility index (Phi) is 4.28. The van der Waals surface area contributed by atoms with Gasteiger partial charge in [0.25, 0.3) is 0 Å². The Balaban J connectivity index is 1.56. The van der Waals surface area contributed by atoms with Crippen LogP contribution in [0.3, 0.4) is 0 Å². The molecule has 1 aromatic carbocycles. The predicted octanol–water partition coefficient (Wildman–Crippen LogP) is 5.10. The number of aryl methyl sites for hydroxylation is 1. The van der Waals surface area contributed by atoms with E-state index in [0.29, 0.717) is 18.6 Å². The first-order chi connectivity index (χ1) is 9.83. The van der Waals surface area contributed by atoms with Crippen molar-refractivity contribution in [1.82, 2.24) is 0 Å². The van der Waals surface area contributed by atoms with E-state index in [4.69, 9.17) is 0 Å². The van der Waals surface area contributed by atoms with Crippen molar-refractivity contribution in [1.29, 1.82) is 0 Å². The van der Waals surface area contributed by atoms with Crippen molar-refractivity contribution in [3.63, 3.8) is 0 Å². The second kappa shape index (κ2) is 6.33. The first kappa shape index (κ1) is 13.5. The third kappa shape index (κ3) is 3.17. The number of hydrogen-bond donors (Lipinski definition) is 0. The summed E-state index contributed by atoms with van der Waals surface area (Å²) in [6.07, 6.45) is 3.24. The summed E-state index contributed by atoms with van der Waals surface area (Å²) in [5, 5.41) is 5.46. The van der Waals surface area contributed by atoms with E-state index in [-0.39, 0.29) is 0 Å². The summed E-state index contributed by atoms with van der Waals surface area (Å²) < 4.78 is 1.27. The molecule has 3 aromatic rings. The van der Waals surface area contributed by atoms with E-state index in [0.717, 1.165) is 12.8 Å². The van der Waals surface area contributed by atoms with E-state index in [1.54, 1.807) is 22.7 Å². The van der Waals surface area contributed by atoms with Gasteiger partial charge < -0.3 is 0 Å². The maximum absolute atomic E-state index is 12.1. The topological polar surface area (TPSA) is 17.1 Å². The highest BCUT2D eigenvalue weighted by molar-refractivity contribution is 7.17. The number of fused-ring (bicyclic) bond motifs is 1. The van der Waals surface area contributed by atoms with Gasteiger partial charge >= 0.3 is 0 Å². The smallest absolute Gasteiger partial charge is 0.137 e. The summed E-state index contributed by atoms with van der Waals surface area (Å²) in [7, 11) is 0. The molecule has 0 aliphatic heterocycles. The van der Waals surface area contributed by atoms with Gasteiger partial charge in [0.15, 0.2) is 0 Å². The molecule has 0 amide bonds. The zero-order valence-corrected chi connectivity index (χ0v) is 12.8. The zero-order chi connectivity index (χ0) is 13.8. The van der Waals surface area contributed by atoms with Crippen molar-refractivity contribution >= 4 is 38.5 Å². The molecule has 0 atom stereocenters. The molecule has 20 heavy (non-hydrogen) atoms. The minimum Gasteiger partial charge on any atom is -0.299 e. The van der Waals surface area contributed by atoms with Gasteiger partial charge in [-0.05, 0) is 46.7 Å². The van der Waals surface area contributed by atoms with Crippen LogP contribution in [0, 0.1) is 0 Å². The predicted molar refractivity (Wildman–Crippen MR) is 87.8 cm³/mol. The maximum atomic E-state index is 12.1. The van der Waals surface area contributed by atoms with Crippen LogP contribution in [0.5, 0.6) is 0 Å². The number of carbonyl (C=O) groups is 1. The van der Waals surface area contributed by atoms with Gasteiger partial charge in [-0.15, -0.1) is 22.7 Å². The van der Waals surface area contributed by atoms with E-state index in [9.17, 15) is 4.79 Å². The largest absolute Gasteiger partial charge is 0.299 e. The molecule has 0 fully saturated rings. The van der Waals surface area contributed by atoms with Gasteiger partial charge in [-0.25, -0.2) is 0 Å². The molecule has 0 aliphatic carbocycles. The number of hydrogen-bond acceptors (Lipinski definition) is 3. The Labute approximate surface area is 126 Å². The Hall–Kier alpha value is -1.45. The van der Waals surface area contributed by atoms with Crippen LogP contribution in [0.15, 0.2) is 47.2 Å². The van der Waals surface area contributed by atoms with Gasteiger partial charge in [0.05, 0.1) is 0 Å². The number of thiophene rings is 2. The average Bonchev–Trinajstić information content (AvgIpc) is 3.09. The van der Waals surface area contributed by atoms with Crippen molar-refractivity contribution in [2.45, 2.75) is 25.7 Å². The Bertz CT molecular complexity index is 695. The molecule has 3 rings (SSSR count). The molecular weight excluding hydrogens is 284 g/mol. The van der Waals surface area contributed by atoms with Crippen LogP contribution < -0.4 is 0 Å². The first-order valence-corrected chi connectivity index (χ1v) is 8.58. The Morgan fingerprint density at radius 1 is 1.05 bits per heavy atom. The number of benzene rings is 1. The molecule has 0 N–H and O–H groups in total. The summed E-state index contributed by atoms with van der Waals surface area (Å²) in [6, 6.07) is 12.5. The Morgan fingerprint density at radius 3 is 2.80 bits per heavy atom. The van der Waals surface area contributed by atoms with Crippen LogP contribution in [-0.4, -0.2) is 5.78 Å². The summed E-state index contributed by atoms with van der Waals surface area (Å²) in [4.78, 5) is 13.5. The van der Waals surface area contributed by atoms with Crippen molar-refractivity contribution in [2.24, 2.45) is 0 Å². The van der Waals surface area contributed by atoms with Gasteiger partial charge in [-0.2, -0.15) is 0 Å². The van der Waals surface area contributed by atoms with Crippen LogP contribution in [0.4, 0.5) is 0 Å². The Morgan fingerprint density at radius 2 is 1.95 bits per heavy atom. The van der Waals surface area contributed by atoms with Crippen LogP contribution in [-0.2, 0) is 17.6 Å². The van der Waals surface area contributed by atoms with Crippen LogP contribution in [0.25, 0.3) is 10.1 Å². The lowest BCUT2D eigenvalue weighted by Gasteiger charge is -2.00. The molecule has 0 spiro atoms. The van der Waals surface area contributed by atoms with Gasteiger partial charge in [0.1, 0.15) is 5.78 Å². The number of Topliss-reactive ketones (excluding diaryl/α,β-unsaturated/α-hetero) is 1. The third-order valence-electron chi connectivity index (χ3n) is 3.41. The van der Waals surface area contributed by atoms with Gasteiger partial charge in [-0.1, -0.05) is 24.3 Å². The number of rotatable bonds is 6. The van der Waals surface area contributed by atoms with E-state index in [1.165, 1.54) is 20.5 Å². The molecule has 2 heterocycles. The SMILES string of the molecule is O=C(CCCc1cccs1)Cc1csc2ccccc12. The fraction of sp³-hybridized carbons (Fsp3) is 0.235. The molecule has 0 saturated carbocycles. The van der Waals surface area contributed by atoms with Crippen molar-refractivity contribution in [2.75, 3.05) is 0 Å². The summed E-state index contributed by atoms with van der Waals surface area (Å²) in [6.45, 7) is 0. The second-order valence-corrected chi connectivity index (χ2v) is 6.85. The van der Waals surface area contributed by atoms with Crippen LogP contribution >= 0.6 is 22.7 Å². The third-order valence-corrected chi connectivity index (χ3v) is 5.36. The highest BCUT2D eigenvalue weighted by Gasteiger charge is 2.08. The summed E-state index contributed by atoms with van der Waals surface area (Å²) in [5.74, 6) is 0.352. The first-order valence-electron chi connectivity index (χ1n) is 6.82. The van der Waals surface area contributed by atoms with Gasteiger partial charge in [0.2, 0.25) is 0 Å². The minimum atomic E-state index is 0.352. The fourth-order valence-electron chi connectivity index (χ4n) is 2.39. The quantitative estimate of drug-likeness (QED) is 0.619. The molecule has 0 unspecified atom stereocenters. The normalized spacial score (nSPS) is 11.0. The number of carbonyl (C=O) groups excluding carboxylic acids is 1. The molecular formula is C17H16OS2. The van der Waals surface area contributed by atoms with Crippen molar-refractivity contribution in [3.8, 4) is 0 Å².